The quantitative estimate of drug-likeness (QED) is 0.814. The number of carbonyl (C=O) groups excluding carboxylic acids is 1. The number of benzene rings is 1. The molecule has 0 aliphatic rings. The highest BCUT2D eigenvalue weighted by molar-refractivity contribution is 6.30. The van der Waals surface area contributed by atoms with Crippen molar-refractivity contribution in [3.05, 3.63) is 34.9 Å². The van der Waals surface area contributed by atoms with E-state index in [4.69, 9.17) is 17.3 Å². The van der Waals surface area contributed by atoms with Gasteiger partial charge in [-0.2, -0.15) is 0 Å². The summed E-state index contributed by atoms with van der Waals surface area (Å²) in [6.45, 7) is 2.32. The third-order valence-electron chi connectivity index (χ3n) is 2.01. The molecular weight excluding hydrogens is 212 g/mol. The normalized spacial score (nSPS) is 12.2. The first-order valence-electron chi connectivity index (χ1n) is 4.85. The number of nitrogens with one attached hydrogen (secondary N) is 1. The standard InChI is InChI=1S/C11H15ClN2O/c1-8(7-13)14-11(15)6-9-3-2-4-10(12)5-9/h2-5,8H,6-7,13H2,1H3,(H,14,15). The van der Waals surface area contributed by atoms with Crippen LogP contribution in [0.25, 0.3) is 0 Å². The Morgan fingerprint density at radius 1 is 1.60 bits per heavy atom. The summed E-state index contributed by atoms with van der Waals surface area (Å²) in [6.07, 6.45) is 0.338. The Labute approximate surface area is 94.6 Å². The van der Waals surface area contributed by atoms with E-state index in [0.29, 0.717) is 18.0 Å². The van der Waals surface area contributed by atoms with Crippen molar-refractivity contribution >= 4 is 17.5 Å². The Morgan fingerprint density at radius 3 is 2.93 bits per heavy atom. The van der Waals surface area contributed by atoms with Crippen molar-refractivity contribution in [3.8, 4) is 0 Å². The Balaban J connectivity index is 2.51. The molecule has 0 heterocycles. The van der Waals surface area contributed by atoms with Crippen molar-refractivity contribution in [2.45, 2.75) is 19.4 Å². The zero-order chi connectivity index (χ0) is 11.3. The van der Waals surface area contributed by atoms with Crippen molar-refractivity contribution < 1.29 is 4.79 Å². The van der Waals surface area contributed by atoms with Crippen LogP contribution in [-0.4, -0.2) is 18.5 Å². The highest BCUT2D eigenvalue weighted by atomic mass is 35.5. The fourth-order valence-corrected chi connectivity index (χ4v) is 1.43. The minimum Gasteiger partial charge on any atom is -0.352 e. The summed E-state index contributed by atoms with van der Waals surface area (Å²) in [5, 5.41) is 3.44. The zero-order valence-corrected chi connectivity index (χ0v) is 9.42. The summed E-state index contributed by atoms with van der Waals surface area (Å²) in [5.74, 6) is -0.0322. The second kappa shape index (κ2) is 5.73. The minimum absolute atomic E-state index is 0.0108. The van der Waals surface area contributed by atoms with Gasteiger partial charge in [0.15, 0.2) is 0 Å². The van der Waals surface area contributed by atoms with Crippen LogP contribution in [0, 0.1) is 0 Å². The van der Waals surface area contributed by atoms with Crippen LogP contribution in [0.2, 0.25) is 5.02 Å². The highest BCUT2D eigenvalue weighted by Gasteiger charge is 2.06. The van der Waals surface area contributed by atoms with Gasteiger partial charge in [0.1, 0.15) is 0 Å². The van der Waals surface area contributed by atoms with Crippen molar-refractivity contribution in [1.29, 1.82) is 0 Å². The zero-order valence-electron chi connectivity index (χ0n) is 8.66. The molecule has 1 unspecified atom stereocenters. The van der Waals surface area contributed by atoms with Gasteiger partial charge in [-0.25, -0.2) is 0 Å². The van der Waals surface area contributed by atoms with E-state index in [9.17, 15) is 4.79 Å². The summed E-state index contributed by atoms with van der Waals surface area (Å²) in [5.41, 5.74) is 6.31. The maximum Gasteiger partial charge on any atom is 0.224 e. The molecule has 15 heavy (non-hydrogen) atoms. The Hall–Kier alpha value is -1.06. The average molecular weight is 227 g/mol. The number of hydrogen-bond acceptors (Lipinski definition) is 2. The highest BCUT2D eigenvalue weighted by Crippen LogP contribution is 2.10. The van der Waals surface area contributed by atoms with E-state index in [0.717, 1.165) is 5.56 Å². The van der Waals surface area contributed by atoms with E-state index in [1.165, 1.54) is 0 Å². The molecule has 82 valence electrons. The van der Waals surface area contributed by atoms with Gasteiger partial charge in [0.2, 0.25) is 5.91 Å². The van der Waals surface area contributed by atoms with Crippen LogP contribution < -0.4 is 11.1 Å². The topological polar surface area (TPSA) is 55.1 Å². The lowest BCUT2D eigenvalue weighted by Gasteiger charge is -2.11. The summed E-state index contributed by atoms with van der Waals surface area (Å²) in [4.78, 5) is 11.5. The Morgan fingerprint density at radius 2 is 2.33 bits per heavy atom. The molecule has 1 atom stereocenters. The van der Waals surface area contributed by atoms with Gasteiger partial charge in [-0.3, -0.25) is 4.79 Å². The van der Waals surface area contributed by atoms with Crippen LogP contribution >= 0.6 is 11.6 Å². The monoisotopic (exact) mass is 226 g/mol. The van der Waals surface area contributed by atoms with Gasteiger partial charge in [0, 0.05) is 17.6 Å². The Kier molecular flexibility index (Phi) is 4.59. The summed E-state index contributed by atoms with van der Waals surface area (Å²) in [6, 6.07) is 7.28. The van der Waals surface area contributed by atoms with Gasteiger partial charge in [-0.05, 0) is 24.6 Å². The number of halogens is 1. The first-order valence-corrected chi connectivity index (χ1v) is 5.23. The molecule has 4 heteroatoms. The van der Waals surface area contributed by atoms with Gasteiger partial charge in [-0.15, -0.1) is 0 Å². The Bertz CT molecular complexity index is 341. The van der Waals surface area contributed by atoms with E-state index in [1.54, 1.807) is 12.1 Å². The van der Waals surface area contributed by atoms with Crippen LogP contribution in [0.3, 0.4) is 0 Å². The van der Waals surface area contributed by atoms with E-state index < -0.39 is 0 Å². The molecule has 3 N–H and O–H groups in total. The number of carbonyl (C=O) groups is 1. The van der Waals surface area contributed by atoms with E-state index in [1.807, 2.05) is 19.1 Å². The molecule has 3 nitrogen and oxygen atoms in total. The first kappa shape index (κ1) is 12.0. The van der Waals surface area contributed by atoms with Gasteiger partial charge < -0.3 is 11.1 Å². The molecule has 1 aromatic carbocycles. The largest absolute Gasteiger partial charge is 0.352 e. The van der Waals surface area contributed by atoms with Crippen LogP contribution in [0.4, 0.5) is 0 Å². The number of nitrogens with two attached hydrogens (primary N) is 1. The van der Waals surface area contributed by atoms with E-state index in [2.05, 4.69) is 5.32 Å². The predicted octanol–water partition coefficient (Wildman–Crippen LogP) is 1.35. The molecule has 0 aliphatic heterocycles. The van der Waals surface area contributed by atoms with Gasteiger partial charge >= 0.3 is 0 Å². The van der Waals surface area contributed by atoms with Crippen LogP contribution in [0.1, 0.15) is 12.5 Å². The molecule has 0 aliphatic carbocycles. The number of amides is 1. The number of hydrogen-bond donors (Lipinski definition) is 2. The third-order valence-corrected chi connectivity index (χ3v) is 2.25. The summed E-state index contributed by atoms with van der Waals surface area (Å²) in [7, 11) is 0. The van der Waals surface area contributed by atoms with E-state index >= 15 is 0 Å². The smallest absolute Gasteiger partial charge is 0.224 e. The summed E-state index contributed by atoms with van der Waals surface area (Å²) >= 11 is 5.81. The molecule has 1 rings (SSSR count). The third kappa shape index (κ3) is 4.32. The maximum atomic E-state index is 11.5. The fourth-order valence-electron chi connectivity index (χ4n) is 1.22. The van der Waals surface area contributed by atoms with Crippen molar-refractivity contribution in [3.63, 3.8) is 0 Å². The minimum atomic E-state index is -0.0322. The summed E-state index contributed by atoms with van der Waals surface area (Å²) < 4.78 is 0. The van der Waals surface area contributed by atoms with Crippen LogP contribution in [0.15, 0.2) is 24.3 Å². The van der Waals surface area contributed by atoms with Gasteiger partial charge in [-0.1, -0.05) is 23.7 Å². The molecule has 1 aromatic rings. The average Bonchev–Trinajstić information content (AvgIpc) is 2.17. The lowest BCUT2D eigenvalue weighted by atomic mass is 10.1. The molecule has 0 spiro atoms. The molecule has 1 amide bonds. The van der Waals surface area contributed by atoms with Gasteiger partial charge in [0.05, 0.1) is 6.42 Å². The lowest BCUT2D eigenvalue weighted by molar-refractivity contribution is -0.120. The van der Waals surface area contributed by atoms with Crippen molar-refractivity contribution in [2.75, 3.05) is 6.54 Å². The predicted molar refractivity (Wildman–Crippen MR) is 61.8 cm³/mol. The molecular formula is C11H15ClN2O. The SMILES string of the molecule is CC(CN)NC(=O)Cc1cccc(Cl)c1. The molecule has 0 aromatic heterocycles. The molecule has 0 saturated carbocycles. The van der Waals surface area contributed by atoms with Gasteiger partial charge in [0.25, 0.3) is 0 Å². The number of rotatable bonds is 4. The molecule has 0 saturated heterocycles. The maximum absolute atomic E-state index is 11.5. The second-order valence-corrected chi connectivity index (χ2v) is 3.95. The second-order valence-electron chi connectivity index (χ2n) is 3.51. The van der Waals surface area contributed by atoms with Crippen molar-refractivity contribution in [1.82, 2.24) is 5.32 Å². The first-order chi connectivity index (χ1) is 7.11. The molecule has 0 bridgehead atoms. The lowest BCUT2D eigenvalue weighted by Crippen LogP contribution is -2.38. The van der Waals surface area contributed by atoms with E-state index in [-0.39, 0.29) is 11.9 Å². The molecule has 0 radical (unpaired) electrons. The fraction of sp³-hybridized carbons (Fsp3) is 0.364. The van der Waals surface area contributed by atoms with Crippen molar-refractivity contribution in [2.24, 2.45) is 5.73 Å². The molecule has 0 fully saturated rings. The van der Waals surface area contributed by atoms with Crippen LogP contribution in [0.5, 0.6) is 0 Å². The van der Waals surface area contributed by atoms with Crippen LogP contribution in [-0.2, 0) is 11.2 Å².